The molecular formula is C21H19N3O3. The van der Waals surface area contributed by atoms with Crippen molar-refractivity contribution in [3.8, 4) is 11.5 Å². The van der Waals surface area contributed by atoms with Crippen LogP contribution in [0.1, 0.15) is 21.6 Å². The number of fused-ring (bicyclic) bond motifs is 1. The summed E-state index contributed by atoms with van der Waals surface area (Å²) in [6.07, 6.45) is 1.62. The van der Waals surface area contributed by atoms with Crippen LogP contribution < -0.4 is 20.1 Å². The molecule has 0 saturated heterocycles. The number of benzene rings is 2. The zero-order valence-corrected chi connectivity index (χ0v) is 14.9. The average molecular weight is 361 g/mol. The minimum atomic E-state index is -0.284. The number of hydrogen-bond donors (Lipinski definition) is 2. The van der Waals surface area contributed by atoms with E-state index in [1.54, 1.807) is 30.5 Å². The van der Waals surface area contributed by atoms with Gasteiger partial charge in [-0.3, -0.25) is 9.78 Å². The normalized spacial score (nSPS) is 11.9. The fourth-order valence-corrected chi connectivity index (χ4v) is 2.84. The van der Waals surface area contributed by atoms with Gasteiger partial charge in [0.15, 0.2) is 11.5 Å². The fourth-order valence-electron chi connectivity index (χ4n) is 2.84. The number of hydrogen-bond acceptors (Lipinski definition) is 5. The molecule has 0 aliphatic carbocycles. The third kappa shape index (κ3) is 3.84. The van der Waals surface area contributed by atoms with Crippen molar-refractivity contribution in [1.29, 1.82) is 0 Å². The van der Waals surface area contributed by atoms with Gasteiger partial charge in [-0.05, 0) is 42.3 Å². The molecule has 6 heteroatoms. The lowest BCUT2D eigenvalue weighted by Crippen LogP contribution is -2.14. The number of amides is 1. The Hall–Kier alpha value is -3.54. The number of rotatable bonds is 5. The van der Waals surface area contributed by atoms with E-state index in [-0.39, 0.29) is 12.7 Å². The van der Waals surface area contributed by atoms with Crippen molar-refractivity contribution in [2.24, 2.45) is 0 Å². The van der Waals surface area contributed by atoms with Crippen LogP contribution in [-0.4, -0.2) is 17.7 Å². The van der Waals surface area contributed by atoms with Crippen LogP contribution in [0.4, 0.5) is 11.4 Å². The molecule has 0 unspecified atom stereocenters. The first-order valence-electron chi connectivity index (χ1n) is 8.64. The summed E-state index contributed by atoms with van der Waals surface area (Å²) in [4.78, 5) is 16.7. The van der Waals surface area contributed by atoms with E-state index in [9.17, 15) is 4.79 Å². The fraction of sp³-hybridized carbons (Fsp3) is 0.143. The Labute approximate surface area is 157 Å². The standard InChI is InChI=1S/C21H19N3O3/c1-14-4-2-3-5-15(14)12-23-16-8-9-22-18(10-16)21(25)24-17-6-7-19-20(11-17)27-13-26-19/h2-11H,12-13H2,1H3,(H,22,23)(H,24,25). The minimum absolute atomic E-state index is 0.197. The molecule has 6 nitrogen and oxygen atoms in total. The number of carbonyl (C=O) groups excluding carboxylic acids is 1. The second-order valence-corrected chi connectivity index (χ2v) is 6.23. The molecule has 1 aliphatic heterocycles. The number of aryl methyl sites for hydroxylation is 1. The van der Waals surface area contributed by atoms with Crippen LogP contribution >= 0.6 is 0 Å². The van der Waals surface area contributed by atoms with Gasteiger partial charge in [0.25, 0.3) is 5.91 Å². The molecule has 0 bridgehead atoms. The molecule has 1 aromatic heterocycles. The lowest BCUT2D eigenvalue weighted by Gasteiger charge is -2.10. The average Bonchev–Trinajstić information content (AvgIpc) is 3.15. The highest BCUT2D eigenvalue weighted by Crippen LogP contribution is 2.34. The quantitative estimate of drug-likeness (QED) is 0.719. The molecule has 0 atom stereocenters. The Kier molecular flexibility index (Phi) is 4.61. The predicted molar refractivity (Wildman–Crippen MR) is 103 cm³/mol. The summed E-state index contributed by atoms with van der Waals surface area (Å²) in [5.74, 6) is 1.01. The summed E-state index contributed by atoms with van der Waals surface area (Å²) in [7, 11) is 0. The number of ether oxygens (including phenoxy) is 2. The highest BCUT2D eigenvalue weighted by atomic mass is 16.7. The second-order valence-electron chi connectivity index (χ2n) is 6.23. The first-order chi connectivity index (χ1) is 13.2. The SMILES string of the molecule is Cc1ccccc1CNc1ccnc(C(=O)Nc2ccc3c(c2)OCO3)c1. The lowest BCUT2D eigenvalue weighted by molar-refractivity contribution is 0.102. The number of carbonyl (C=O) groups is 1. The summed E-state index contributed by atoms with van der Waals surface area (Å²) in [6, 6.07) is 17.0. The molecule has 2 heterocycles. The van der Waals surface area contributed by atoms with E-state index in [0.717, 1.165) is 5.69 Å². The van der Waals surface area contributed by atoms with E-state index in [0.29, 0.717) is 29.4 Å². The van der Waals surface area contributed by atoms with Gasteiger partial charge in [-0.2, -0.15) is 0 Å². The van der Waals surface area contributed by atoms with E-state index in [2.05, 4.69) is 34.7 Å². The van der Waals surface area contributed by atoms with Crippen molar-refractivity contribution < 1.29 is 14.3 Å². The molecule has 0 saturated carbocycles. The molecule has 2 aromatic carbocycles. The van der Waals surface area contributed by atoms with E-state index < -0.39 is 0 Å². The maximum absolute atomic E-state index is 12.5. The van der Waals surface area contributed by atoms with Crippen LogP contribution in [0.5, 0.6) is 11.5 Å². The second kappa shape index (κ2) is 7.37. The zero-order valence-electron chi connectivity index (χ0n) is 14.9. The van der Waals surface area contributed by atoms with Gasteiger partial charge >= 0.3 is 0 Å². The molecule has 1 aliphatic rings. The Balaban J connectivity index is 1.44. The van der Waals surface area contributed by atoms with Crippen LogP contribution in [-0.2, 0) is 6.54 Å². The molecule has 136 valence electrons. The first kappa shape index (κ1) is 16.9. The predicted octanol–water partition coefficient (Wildman–Crippen LogP) is 3.98. The molecule has 1 amide bonds. The third-order valence-corrected chi connectivity index (χ3v) is 4.37. The Morgan fingerprint density at radius 1 is 1.04 bits per heavy atom. The number of aromatic nitrogens is 1. The van der Waals surface area contributed by atoms with Crippen molar-refractivity contribution in [2.45, 2.75) is 13.5 Å². The molecule has 27 heavy (non-hydrogen) atoms. The Morgan fingerprint density at radius 2 is 1.89 bits per heavy atom. The van der Waals surface area contributed by atoms with Crippen LogP contribution in [0.15, 0.2) is 60.8 Å². The Bertz CT molecular complexity index is 988. The minimum Gasteiger partial charge on any atom is -0.454 e. The van der Waals surface area contributed by atoms with Gasteiger partial charge in [0.1, 0.15) is 5.69 Å². The van der Waals surface area contributed by atoms with E-state index >= 15 is 0 Å². The summed E-state index contributed by atoms with van der Waals surface area (Å²) >= 11 is 0. The van der Waals surface area contributed by atoms with Crippen molar-refractivity contribution >= 4 is 17.3 Å². The van der Waals surface area contributed by atoms with Crippen LogP contribution in [0.3, 0.4) is 0 Å². The highest BCUT2D eigenvalue weighted by molar-refractivity contribution is 6.03. The smallest absolute Gasteiger partial charge is 0.274 e. The van der Waals surface area contributed by atoms with Gasteiger partial charge in [-0.1, -0.05) is 24.3 Å². The van der Waals surface area contributed by atoms with Gasteiger partial charge < -0.3 is 20.1 Å². The molecule has 0 radical (unpaired) electrons. The molecule has 4 rings (SSSR count). The van der Waals surface area contributed by atoms with Gasteiger partial charge in [-0.25, -0.2) is 0 Å². The van der Waals surface area contributed by atoms with E-state index in [4.69, 9.17) is 9.47 Å². The van der Waals surface area contributed by atoms with Crippen LogP contribution in [0, 0.1) is 6.92 Å². The number of pyridine rings is 1. The summed E-state index contributed by atoms with van der Waals surface area (Å²) in [5, 5.41) is 6.17. The number of anilines is 2. The monoisotopic (exact) mass is 361 g/mol. The van der Waals surface area contributed by atoms with Gasteiger partial charge in [0.2, 0.25) is 6.79 Å². The maximum atomic E-state index is 12.5. The van der Waals surface area contributed by atoms with Gasteiger partial charge in [-0.15, -0.1) is 0 Å². The first-order valence-corrected chi connectivity index (χ1v) is 8.64. The molecule has 0 fully saturated rings. The molecular weight excluding hydrogens is 342 g/mol. The molecule has 3 aromatic rings. The largest absolute Gasteiger partial charge is 0.454 e. The molecule has 0 spiro atoms. The summed E-state index contributed by atoms with van der Waals surface area (Å²) in [5.41, 5.74) is 4.23. The molecule has 2 N–H and O–H groups in total. The van der Waals surface area contributed by atoms with E-state index in [1.165, 1.54) is 11.1 Å². The number of nitrogens with one attached hydrogen (secondary N) is 2. The van der Waals surface area contributed by atoms with Crippen molar-refractivity contribution in [3.63, 3.8) is 0 Å². The van der Waals surface area contributed by atoms with Crippen LogP contribution in [0.25, 0.3) is 0 Å². The van der Waals surface area contributed by atoms with Crippen molar-refractivity contribution in [1.82, 2.24) is 4.98 Å². The lowest BCUT2D eigenvalue weighted by atomic mass is 10.1. The van der Waals surface area contributed by atoms with Crippen molar-refractivity contribution in [3.05, 3.63) is 77.6 Å². The number of nitrogens with zero attached hydrogens (tertiary/aromatic N) is 1. The van der Waals surface area contributed by atoms with Gasteiger partial charge in [0.05, 0.1) is 0 Å². The highest BCUT2D eigenvalue weighted by Gasteiger charge is 2.15. The third-order valence-electron chi connectivity index (χ3n) is 4.37. The van der Waals surface area contributed by atoms with Crippen LogP contribution in [0.2, 0.25) is 0 Å². The maximum Gasteiger partial charge on any atom is 0.274 e. The Morgan fingerprint density at radius 3 is 2.78 bits per heavy atom. The van der Waals surface area contributed by atoms with Gasteiger partial charge in [0, 0.05) is 30.2 Å². The summed E-state index contributed by atoms with van der Waals surface area (Å²) < 4.78 is 10.6. The van der Waals surface area contributed by atoms with Crippen molar-refractivity contribution in [2.75, 3.05) is 17.4 Å². The van der Waals surface area contributed by atoms with E-state index in [1.807, 2.05) is 18.2 Å². The topological polar surface area (TPSA) is 72.5 Å². The zero-order chi connectivity index (χ0) is 18.6. The summed E-state index contributed by atoms with van der Waals surface area (Å²) in [6.45, 7) is 2.95.